The van der Waals surface area contributed by atoms with Crippen molar-refractivity contribution in [2.45, 2.75) is 6.92 Å². The molecule has 212 valence electrons. The number of amides is 3. The summed E-state index contributed by atoms with van der Waals surface area (Å²) in [5, 5.41) is 5.71. The van der Waals surface area contributed by atoms with E-state index < -0.39 is 0 Å². The maximum atomic E-state index is 12.8. The molecule has 0 bridgehead atoms. The Morgan fingerprint density at radius 3 is 2.15 bits per heavy atom. The molecular weight excluding hydrogens is 520 g/mol. The number of urea groups is 1. The lowest BCUT2D eigenvalue weighted by Gasteiger charge is -2.32. The third-order valence-electron chi connectivity index (χ3n) is 7.59. The number of carbonyl (C=O) groups is 2. The number of aromatic nitrogens is 3. The van der Waals surface area contributed by atoms with Gasteiger partial charge in [-0.3, -0.25) is 9.20 Å². The Hall–Kier alpha value is -4.48. The molecule has 11 nitrogen and oxygen atoms in total. The van der Waals surface area contributed by atoms with Crippen molar-refractivity contribution < 1.29 is 14.3 Å². The molecule has 3 amide bonds. The van der Waals surface area contributed by atoms with Gasteiger partial charge in [0.1, 0.15) is 0 Å². The lowest BCUT2D eigenvalue weighted by atomic mass is 10.1. The molecule has 2 saturated heterocycles. The second-order valence-electron chi connectivity index (χ2n) is 10.5. The highest BCUT2D eigenvalue weighted by Crippen LogP contribution is 2.27. The molecule has 0 aliphatic carbocycles. The van der Waals surface area contributed by atoms with Gasteiger partial charge in [-0.15, -0.1) is 0 Å². The fraction of sp³-hybridized carbons (Fsp3) is 0.333. The first-order chi connectivity index (χ1) is 19.9. The Morgan fingerprint density at radius 1 is 0.854 bits per heavy atom. The standard InChI is InChI=1S/C30H34N8O3/c1-21-19-31-27-28(36-15-17-41-18-16-36)34-26(20-38(21)27)22-3-7-24(8-4-22)32-30(40)33-25-9-5-23(6-10-25)29(39)37-13-11-35(2)12-14-37/h3-10,19-20H,11-18H2,1-2H3,(H2,32,33,40). The number of aryl methyl sites for hydroxylation is 1. The van der Waals surface area contributed by atoms with Crippen LogP contribution in [-0.2, 0) is 4.74 Å². The first-order valence-electron chi connectivity index (χ1n) is 13.9. The quantitative estimate of drug-likeness (QED) is 0.388. The molecule has 41 heavy (non-hydrogen) atoms. The first kappa shape index (κ1) is 26.7. The van der Waals surface area contributed by atoms with Crippen molar-refractivity contribution >= 4 is 34.8 Å². The van der Waals surface area contributed by atoms with Crippen molar-refractivity contribution in [1.82, 2.24) is 24.2 Å². The molecule has 2 fully saturated rings. The van der Waals surface area contributed by atoms with Gasteiger partial charge in [-0.25, -0.2) is 14.8 Å². The summed E-state index contributed by atoms with van der Waals surface area (Å²) >= 11 is 0. The van der Waals surface area contributed by atoms with Crippen LogP contribution in [0.3, 0.4) is 0 Å². The zero-order valence-corrected chi connectivity index (χ0v) is 23.3. The zero-order chi connectivity index (χ0) is 28.3. The number of morpholine rings is 1. The molecule has 0 atom stereocenters. The molecule has 2 aliphatic rings. The van der Waals surface area contributed by atoms with E-state index in [0.717, 1.165) is 67.7 Å². The van der Waals surface area contributed by atoms with E-state index in [1.807, 2.05) is 48.5 Å². The SMILES string of the molecule is Cc1cnc2c(N3CCOCC3)nc(-c3ccc(NC(=O)Nc4ccc(C(=O)N5CCN(C)CC5)cc4)cc3)cn12. The van der Waals surface area contributed by atoms with Crippen molar-refractivity contribution in [1.29, 1.82) is 0 Å². The van der Waals surface area contributed by atoms with Crippen molar-refractivity contribution in [2.75, 3.05) is 75.1 Å². The van der Waals surface area contributed by atoms with E-state index in [-0.39, 0.29) is 11.9 Å². The number of rotatable bonds is 5. The van der Waals surface area contributed by atoms with Gasteiger partial charge in [0.05, 0.1) is 18.9 Å². The summed E-state index contributed by atoms with van der Waals surface area (Å²) in [6, 6.07) is 14.2. The van der Waals surface area contributed by atoms with E-state index in [1.165, 1.54) is 0 Å². The minimum absolute atomic E-state index is 0.0168. The molecule has 0 radical (unpaired) electrons. The van der Waals surface area contributed by atoms with Gasteiger partial charge in [-0.05, 0) is 50.4 Å². The molecule has 6 rings (SSSR count). The van der Waals surface area contributed by atoms with Crippen molar-refractivity contribution in [3.05, 3.63) is 72.2 Å². The van der Waals surface area contributed by atoms with E-state index in [1.54, 1.807) is 24.3 Å². The third kappa shape index (κ3) is 5.86. The topological polar surface area (TPSA) is 107 Å². The third-order valence-corrected chi connectivity index (χ3v) is 7.59. The fourth-order valence-corrected chi connectivity index (χ4v) is 5.12. The number of hydrogen-bond donors (Lipinski definition) is 2. The van der Waals surface area contributed by atoms with Crippen LogP contribution in [0.1, 0.15) is 16.1 Å². The van der Waals surface area contributed by atoms with Crippen LogP contribution in [0.25, 0.3) is 16.9 Å². The predicted octanol–water partition coefficient (Wildman–Crippen LogP) is 3.57. The van der Waals surface area contributed by atoms with Crippen LogP contribution >= 0.6 is 0 Å². The molecule has 4 heterocycles. The van der Waals surface area contributed by atoms with Gasteiger partial charge in [0.15, 0.2) is 11.5 Å². The minimum atomic E-state index is -0.362. The van der Waals surface area contributed by atoms with Gasteiger partial charge in [-0.2, -0.15) is 0 Å². The number of carbonyl (C=O) groups excluding carboxylic acids is 2. The molecule has 0 spiro atoms. The molecule has 2 N–H and O–H groups in total. The predicted molar refractivity (Wildman–Crippen MR) is 159 cm³/mol. The smallest absolute Gasteiger partial charge is 0.323 e. The number of hydrogen-bond acceptors (Lipinski definition) is 7. The van der Waals surface area contributed by atoms with Crippen LogP contribution in [0.15, 0.2) is 60.9 Å². The van der Waals surface area contributed by atoms with Crippen LogP contribution in [0.2, 0.25) is 0 Å². The summed E-state index contributed by atoms with van der Waals surface area (Å²) < 4.78 is 7.59. The highest BCUT2D eigenvalue weighted by Gasteiger charge is 2.21. The highest BCUT2D eigenvalue weighted by atomic mass is 16.5. The number of likely N-dealkylation sites (N-methyl/N-ethyl adjacent to an activating group) is 1. The Bertz CT molecular complexity index is 1540. The average Bonchev–Trinajstić information content (AvgIpc) is 3.38. The highest BCUT2D eigenvalue weighted by molar-refractivity contribution is 6.00. The second kappa shape index (κ2) is 11.6. The van der Waals surface area contributed by atoms with Gasteiger partial charge in [-0.1, -0.05) is 12.1 Å². The Balaban J connectivity index is 1.11. The van der Waals surface area contributed by atoms with E-state index in [0.29, 0.717) is 30.2 Å². The first-order valence-corrected chi connectivity index (χ1v) is 13.9. The second-order valence-corrected chi connectivity index (χ2v) is 10.5. The number of ether oxygens (including phenoxy) is 1. The van der Waals surface area contributed by atoms with Crippen LogP contribution in [0.5, 0.6) is 0 Å². The molecule has 0 unspecified atom stereocenters. The van der Waals surface area contributed by atoms with E-state index in [2.05, 4.69) is 36.9 Å². The number of nitrogens with one attached hydrogen (secondary N) is 2. The Kier molecular flexibility index (Phi) is 7.53. The number of anilines is 3. The number of piperazine rings is 1. The van der Waals surface area contributed by atoms with Gasteiger partial charge < -0.3 is 30.1 Å². The summed E-state index contributed by atoms with van der Waals surface area (Å²) in [6.07, 6.45) is 3.85. The molecule has 11 heteroatoms. The lowest BCUT2D eigenvalue weighted by molar-refractivity contribution is 0.0664. The van der Waals surface area contributed by atoms with Crippen molar-refractivity contribution in [2.24, 2.45) is 0 Å². The normalized spacial score (nSPS) is 16.1. The number of fused-ring (bicyclic) bond motifs is 1. The van der Waals surface area contributed by atoms with E-state index in [4.69, 9.17) is 9.72 Å². The number of nitrogens with zero attached hydrogens (tertiary/aromatic N) is 6. The minimum Gasteiger partial charge on any atom is -0.378 e. The van der Waals surface area contributed by atoms with Gasteiger partial charge in [0.25, 0.3) is 5.91 Å². The van der Waals surface area contributed by atoms with Crippen molar-refractivity contribution in [3.8, 4) is 11.3 Å². The molecule has 4 aromatic rings. The van der Waals surface area contributed by atoms with Crippen LogP contribution in [0, 0.1) is 6.92 Å². The number of imidazole rings is 1. The molecule has 2 aliphatic heterocycles. The fourth-order valence-electron chi connectivity index (χ4n) is 5.12. The van der Waals surface area contributed by atoms with E-state index in [9.17, 15) is 9.59 Å². The zero-order valence-electron chi connectivity index (χ0n) is 23.3. The molecule has 2 aromatic heterocycles. The largest absolute Gasteiger partial charge is 0.378 e. The molecule has 2 aromatic carbocycles. The summed E-state index contributed by atoms with van der Waals surface area (Å²) in [5.74, 6) is 0.861. The van der Waals surface area contributed by atoms with Crippen LogP contribution < -0.4 is 15.5 Å². The monoisotopic (exact) mass is 554 g/mol. The summed E-state index contributed by atoms with van der Waals surface area (Å²) in [7, 11) is 2.06. The van der Waals surface area contributed by atoms with Crippen molar-refractivity contribution in [3.63, 3.8) is 0 Å². The summed E-state index contributed by atoms with van der Waals surface area (Å²) in [5.41, 5.74) is 5.50. The van der Waals surface area contributed by atoms with Gasteiger partial charge in [0.2, 0.25) is 0 Å². The van der Waals surface area contributed by atoms with E-state index >= 15 is 0 Å². The number of benzene rings is 2. The van der Waals surface area contributed by atoms with Gasteiger partial charge in [0, 0.05) is 79.9 Å². The van der Waals surface area contributed by atoms with Gasteiger partial charge >= 0.3 is 6.03 Å². The maximum absolute atomic E-state index is 12.8. The molecular formula is C30H34N8O3. The summed E-state index contributed by atoms with van der Waals surface area (Å²) in [4.78, 5) is 41.3. The molecule has 0 saturated carbocycles. The summed E-state index contributed by atoms with van der Waals surface area (Å²) in [6.45, 7) is 8.08. The lowest BCUT2D eigenvalue weighted by Crippen LogP contribution is -2.47. The van der Waals surface area contributed by atoms with Crippen LogP contribution in [0.4, 0.5) is 22.0 Å². The van der Waals surface area contributed by atoms with Crippen LogP contribution in [-0.4, -0.2) is 95.6 Å². The maximum Gasteiger partial charge on any atom is 0.323 e. The average molecular weight is 555 g/mol. The Labute approximate surface area is 238 Å². The Morgan fingerprint density at radius 2 is 1.49 bits per heavy atom.